The molecule has 0 spiro atoms. The van der Waals surface area contributed by atoms with Crippen molar-refractivity contribution in [3.8, 4) is 11.5 Å². The van der Waals surface area contributed by atoms with E-state index in [1.165, 1.54) is 0 Å². The zero-order chi connectivity index (χ0) is 23.7. The lowest BCUT2D eigenvalue weighted by Crippen LogP contribution is -2.19. The van der Waals surface area contributed by atoms with E-state index in [0.717, 1.165) is 11.1 Å². The molecule has 0 aliphatic rings. The molecule has 2 rings (SSSR count). The van der Waals surface area contributed by atoms with Gasteiger partial charge in [0.15, 0.2) is 0 Å². The lowest BCUT2D eigenvalue weighted by Gasteiger charge is -2.26. The van der Waals surface area contributed by atoms with Crippen molar-refractivity contribution in [2.45, 2.75) is 33.1 Å². The van der Waals surface area contributed by atoms with E-state index in [4.69, 9.17) is 18.9 Å². The topological polar surface area (TPSA) is 71.1 Å². The highest BCUT2D eigenvalue weighted by Gasteiger charge is 2.23. The summed E-state index contributed by atoms with van der Waals surface area (Å²) in [6.45, 7) is 14.8. The van der Waals surface area contributed by atoms with Crippen LogP contribution in [0.5, 0.6) is 11.5 Å². The third kappa shape index (κ3) is 7.01. The molecule has 0 unspecified atom stereocenters. The Morgan fingerprint density at radius 3 is 1.62 bits per heavy atom. The zero-order valence-electron chi connectivity index (χ0n) is 19.1. The first-order chi connectivity index (χ1) is 15.1. The standard InChI is InChI=1S/C26H30O6/c1-18(2)24(27)30-16-15-29-22-11-7-20(8-12-22)26(5,6)21-9-13-23(14-10-21)31-17-32-25(28)19(3)4/h7-14H,1,3,15-17H2,2,4-6H3. The number of esters is 2. The van der Waals surface area contributed by atoms with Crippen LogP contribution in [0, 0.1) is 0 Å². The van der Waals surface area contributed by atoms with Crippen molar-refractivity contribution in [2.24, 2.45) is 0 Å². The predicted octanol–water partition coefficient (Wildman–Crippen LogP) is 4.97. The molecule has 0 bridgehead atoms. The van der Waals surface area contributed by atoms with Gasteiger partial charge in [-0.1, -0.05) is 51.3 Å². The van der Waals surface area contributed by atoms with E-state index in [0.29, 0.717) is 22.6 Å². The highest BCUT2D eigenvalue weighted by Crippen LogP contribution is 2.33. The molecule has 32 heavy (non-hydrogen) atoms. The van der Waals surface area contributed by atoms with Crippen LogP contribution < -0.4 is 9.47 Å². The molecule has 6 heteroatoms. The van der Waals surface area contributed by atoms with Gasteiger partial charge in [0.25, 0.3) is 0 Å². The minimum absolute atomic E-state index is 0.164. The Labute approximate surface area is 189 Å². The fourth-order valence-corrected chi connectivity index (χ4v) is 2.79. The van der Waals surface area contributed by atoms with Crippen LogP contribution in [-0.2, 0) is 24.5 Å². The molecule has 0 atom stereocenters. The minimum Gasteiger partial charge on any atom is -0.490 e. The number of carbonyl (C=O) groups is 2. The van der Waals surface area contributed by atoms with Gasteiger partial charge >= 0.3 is 11.9 Å². The Kier molecular flexibility index (Phi) is 8.64. The van der Waals surface area contributed by atoms with Gasteiger partial charge in [0.1, 0.15) is 24.7 Å². The Bertz CT molecular complexity index is 955. The highest BCUT2D eigenvalue weighted by atomic mass is 16.7. The molecule has 2 aromatic rings. The Morgan fingerprint density at radius 2 is 1.16 bits per heavy atom. The number of rotatable bonds is 11. The first-order valence-electron chi connectivity index (χ1n) is 10.2. The summed E-state index contributed by atoms with van der Waals surface area (Å²) >= 11 is 0. The van der Waals surface area contributed by atoms with Crippen LogP contribution in [0.3, 0.4) is 0 Å². The van der Waals surface area contributed by atoms with E-state index in [1.54, 1.807) is 13.8 Å². The van der Waals surface area contributed by atoms with E-state index in [2.05, 4.69) is 27.0 Å². The van der Waals surface area contributed by atoms with Gasteiger partial charge in [-0.2, -0.15) is 0 Å². The molecule has 0 radical (unpaired) electrons. The molecule has 0 amide bonds. The monoisotopic (exact) mass is 438 g/mol. The molecule has 0 aromatic heterocycles. The third-order valence-corrected chi connectivity index (χ3v) is 4.85. The second-order valence-corrected chi connectivity index (χ2v) is 7.91. The predicted molar refractivity (Wildman–Crippen MR) is 123 cm³/mol. The fourth-order valence-electron chi connectivity index (χ4n) is 2.79. The molecule has 0 aliphatic heterocycles. The summed E-state index contributed by atoms with van der Waals surface area (Å²) in [5.41, 5.74) is 2.66. The molecule has 0 saturated heterocycles. The van der Waals surface area contributed by atoms with Gasteiger partial charge in [0.2, 0.25) is 6.79 Å². The number of ether oxygens (including phenoxy) is 4. The van der Waals surface area contributed by atoms with Crippen molar-refractivity contribution in [2.75, 3.05) is 20.0 Å². The smallest absolute Gasteiger partial charge is 0.335 e. The molecule has 0 saturated carbocycles. The van der Waals surface area contributed by atoms with E-state index >= 15 is 0 Å². The van der Waals surface area contributed by atoms with Crippen molar-refractivity contribution in [1.29, 1.82) is 0 Å². The van der Waals surface area contributed by atoms with E-state index in [-0.39, 0.29) is 25.4 Å². The molecule has 0 fully saturated rings. The van der Waals surface area contributed by atoms with Gasteiger partial charge in [-0.15, -0.1) is 0 Å². The Balaban J connectivity index is 1.91. The zero-order valence-corrected chi connectivity index (χ0v) is 19.1. The second-order valence-electron chi connectivity index (χ2n) is 7.91. The maximum absolute atomic E-state index is 11.4. The second kappa shape index (κ2) is 11.2. The summed E-state index contributed by atoms with van der Waals surface area (Å²) in [6, 6.07) is 15.5. The highest BCUT2D eigenvalue weighted by molar-refractivity contribution is 5.87. The summed E-state index contributed by atoms with van der Waals surface area (Å²) in [6.07, 6.45) is 0. The van der Waals surface area contributed by atoms with Gasteiger partial charge in [0, 0.05) is 16.6 Å². The van der Waals surface area contributed by atoms with E-state index < -0.39 is 11.9 Å². The third-order valence-electron chi connectivity index (χ3n) is 4.85. The SMILES string of the molecule is C=C(C)C(=O)OCCOc1ccc(C(C)(C)c2ccc(OCOC(=O)C(=C)C)cc2)cc1. The molecular weight excluding hydrogens is 408 g/mol. The lowest BCUT2D eigenvalue weighted by molar-refractivity contribution is -0.145. The first kappa shape index (κ1) is 24.7. The number of carbonyl (C=O) groups excluding carboxylic acids is 2. The lowest BCUT2D eigenvalue weighted by atomic mass is 9.78. The van der Waals surface area contributed by atoms with Gasteiger partial charge in [0.05, 0.1) is 0 Å². The molecule has 170 valence electrons. The van der Waals surface area contributed by atoms with E-state index in [9.17, 15) is 9.59 Å². The van der Waals surface area contributed by atoms with Crippen molar-refractivity contribution < 1.29 is 28.5 Å². The van der Waals surface area contributed by atoms with Gasteiger partial charge in [-0.05, 0) is 49.2 Å². The van der Waals surface area contributed by atoms with Crippen LogP contribution in [0.2, 0.25) is 0 Å². The molecule has 2 aromatic carbocycles. The van der Waals surface area contributed by atoms with Crippen LogP contribution in [0.4, 0.5) is 0 Å². The quantitative estimate of drug-likeness (QED) is 0.214. The van der Waals surface area contributed by atoms with Crippen LogP contribution in [-0.4, -0.2) is 31.9 Å². The summed E-state index contributed by atoms with van der Waals surface area (Å²) < 4.78 is 21.0. The van der Waals surface area contributed by atoms with Gasteiger partial charge in [-0.3, -0.25) is 0 Å². The van der Waals surface area contributed by atoms with Gasteiger partial charge < -0.3 is 18.9 Å². The maximum Gasteiger partial charge on any atom is 0.335 e. The summed E-state index contributed by atoms with van der Waals surface area (Å²) in [4.78, 5) is 22.8. The van der Waals surface area contributed by atoms with Crippen molar-refractivity contribution in [3.05, 3.63) is 84.0 Å². The molecule has 0 N–H and O–H groups in total. The first-order valence-corrected chi connectivity index (χ1v) is 10.2. The average Bonchev–Trinajstić information content (AvgIpc) is 2.77. The maximum atomic E-state index is 11.4. The largest absolute Gasteiger partial charge is 0.490 e. The average molecular weight is 439 g/mol. The summed E-state index contributed by atoms with van der Waals surface area (Å²) in [5, 5.41) is 0. The Hall–Kier alpha value is -3.54. The van der Waals surface area contributed by atoms with Crippen LogP contribution in [0.25, 0.3) is 0 Å². The minimum atomic E-state index is -0.483. The molecule has 6 nitrogen and oxygen atoms in total. The molecule has 0 aliphatic carbocycles. The van der Waals surface area contributed by atoms with Crippen molar-refractivity contribution in [3.63, 3.8) is 0 Å². The van der Waals surface area contributed by atoms with Gasteiger partial charge in [-0.25, -0.2) is 9.59 Å². The molecule has 0 heterocycles. The number of hydrogen-bond donors (Lipinski definition) is 0. The fraction of sp³-hybridized carbons (Fsp3) is 0.308. The normalized spacial score (nSPS) is 10.8. The number of benzene rings is 2. The van der Waals surface area contributed by atoms with Crippen LogP contribution in [0.1, 0.15) is 38.8 Å². The number of hydrogen-bond acceptors (Lipinski definition) is 6. The van der Waals surface area contributed by atoms with E-state index in [1.807, 2.05) is 48.5 Å². The Morgan fingerprint density at radius 1 is 0.719 bits per heavy atom. The van der Waals surface area contributed by atoms with Crippen LogP contribution >= 0.6 is 0 Å². The van der Waals surface area contributed by atoms with Crippen LogP contribution in [0.15, 0.2) is 72.8 Å². The summed E-state index contributed by atoms with van der Waals surface area (Å²) in [7, 11) is 0. The van der Waals surface area contributed by atoms with Crippen molar-refractivity contribution in [1.82, 2.24) is 0 Å². The summed E-state index contributed by atoms with van der Waals surface area (Å²) in [5.74, 6) is 0.400. The van der Waals surface area contributed by atoms with Crippen molar-refractivity contribution >= 4 is 11.9 Å². The molecular formula is C26H30O6.